The maximum atomic E-state index is 13.4. The van der Waals surface area contributed by atoms with Gasteiger partial charge >= 0.3 is 5.97 Å². The number of amides is 3. The zero-order valence-corrected chi connectivity index (χ0v) is 22.8. The van der Waals surface area contributed by atoms with Gasteiger partial charge < -0.3 is 37.1 Å². The molecule has 11 nitrogen and oxygen atoms in total. The molecule has 1 aromatic carbocycles. The van der Waals surface area contributed by atoms with Crippen molar-refractivity contribution in [2.45, 2.75) is 83.0 Å². The summed E-state index contributed by atoms with van der Waals surface area (Å²) in [4.78, 5) is 56.0. The summed E-state index contributed by atoms with van der Waals surface area (Å²) in [6.45, 7) is 4.64. The van der Waals surface area contributed by atoms with Crippen LogP contribution < -0.4 is 22.1 Å². The van der Waals surface area contributed by atoms with E-state index < -0.39 is 47.9 Å². The van der Waals surface area contributed by atoms with E-state index in [0.29, 0.717) is 51.6 Å². The molecule has 1 aromatic heterocycles. The lowest BCUT2D eigenvalue weighted by molar-refractivity contribution is -0.149. The normalized spacial score (nSPS) is 17.7. The highest BCUT2D eigenvalue weighted by molar-refractivity contribution is 5.94. The summed E-state index contributed by atoms with van der Waals surface area (Å²) in [5.41, 5.74) is 13.7. The molecular formula is C28H42N6O5. The lowest BCUT2D eigenvalue weighted by Gasteiger charge is -2.29. The van der Waals surface area contributed by atoms with Gasteiger partial charge in [0.2, 0.25) is 17.7 Å². The number of nitrogens with zero attached hydrogens (tertiary/aromatic N) is 1. The zero-order valence-electron chi connectivity index (χ0n) is 22.8. The van der Waals surface area contributed by atoms with Gasteiger partial charge in [0.05, 0.1) is 6.04 Å². The van der Waals surface area contributed by atoms with E-state index >= 15 is 0 Å². The molecule has 4 atom stereocenters. The molecule has 0 radical (unpaired) electrons. The molecule has 1 saturated heterocycles. The first-order chi connectivity index (χ1) is 18.6. The first-order valence-corrected chi connectivity index (χ1v) is 13.8. The number of fused-ring (bicyclic) bond motifs is 1. The molecule has 3 rings (SSSR count). The van der Waals surface area contributed by atoms with Gasteiger partial charge in [-0.2, -0.15) is 0 Å². The molecular weight excluding hydrogens is 500 g/mol. The number of H-pyrrole nitrogens is 1. The quantitative estimate of drug-likeness (QED) is 0.194. The molecule has 0 saturated carbocycles. The van der Waals surface area contributed by atoms with Gasteiger partial charge in [-0.05, 0) is 69.0 Å². The Hall–Kier alpha value is -3.44. The summed E-state index contributed by atoms with van der Waals surface area (Å²) < 4.78 is 0. The van der Waals surface area contributed by atoms with E-state index in [1.807, 2.05) is 44.3 Å². The molecule has 0 aliphatic carbocycles. The van der Waals surface area contributed by atoms with Crippen LogP contribution in [0.1, 0.15) is 57.9 Å². The zero-order chi connectivity index (χ0) is 28.5. The number of nitrogens with one attached hydrogen (secondary N) is 3. The van der Waals surface area contributed by atoms with Crippen LogP contribution in [0.3, 0.4) is 0 Å². The van der Waals surface area contributed by atoms with Crippen molar-refractivity contribution in [2.24, 2.45) is 17.4 Å². The fourth-order valence-corrected chi connectivity index (χ4v) is 5.12. The van der Waals surface area contributed by atoms with E-state index in [4.69, 9.17) is 11.5 Å². The predicted molar refractivity (Wildman–Crippen MR) is 149 cm³/mol. The Labute approximate surface area is 229 Å². The molecule has 1 fully saturated rings. The number of unbranched alkanes of at least 4 members (excludes halogenated alkanes) is 1. The van der Waals surface area contributed by atoms with Crippen LogP contribution in [0.15, 0.2) is 30.5 Å². The number of nitrogens with two attached hydrogens (primary N) is 2. The van der Waals surface area contributed by atoms with Crippen molar-refractivity contribution < 1.29 is 24.3 Å². The van der Waals surface area contributed by atoms with Crippen molar-refractivity contribution in [2.75, 3.05) is 13.1 Å². The molecule has 1 aliphatic rings. The van der Waals surface area contributed by atoms with Crippen molar-refractivity contribution in [3.8, 4) is 0 Å². The van der Waals surface area contributed by atoms with E-state index in [-0.39, 0.29) is 12.3 Å². The number of hydrogen-bond donors (Lipinski definition) is 6. The number of benzene rings is 1. The van der Waals surface area contributed by atoms with E-state index in [9.17, 15) is 24.3 Å². The topological polar surface area (TPSA) is 184 Å². The summed E-state index contributed by atoms with van der Waals surface area (Å²) in [6, 6.07) is 4.15. The standard InChI is InChI=1S/C28H42N6O5/c1-17(2)14-23(33-25(35)20(30)15-18-16-31-21-9-4-3-8-19(18)21)26(36)32-22(10-5-6-12-29)27(37)34-13-7-11-24(34)28(38)39/h3-4,8-9,16-17,20,22-24,31H,5-7,10-15,29-30H2,1-2H3,(H,32,36)(H,33,35)(H,38,39). The van der Waals surface area contributed by atoms with E-state index in [2.05, 4.69) is 15.6 Å². The molecule has 1 aliphatic heterocycles. The average Bonchev–Trinajstić information content (AvgIpc) is 3.55. The average molecular weight is 543 g/mol. The molecule has 0 spiro atoms. The third-order valence-electron chi connectivity index (χ3n) is 7.17. The second kappa shape index (κ2) is 14.1. The Morgan fingerprint density at radius 1 is 1.10 bits per heavy atom. The summed E-state index contributed by atoms with van der Waals surface area (Å²) in [7, 11) is 0. The fourth-order valence-electron chi connectivity index (χ4n) is 5.12. The SMILES string of the molecule is CC(C)CC(NC(=O)C(N)Cc1c[nH]c2ccccc12)C(=O)NC(CCCCN)C(=O)N1CCCC1C(=O)O. The Bertz CT molecular complexity index is 1150. The maximum Gasteiger partial charge on any atom is 0.326 e. The number of rotatable bonds is 14. The monoisotopic (exact) mass is 542 g/mol. The minimum Gasteiger partial charge on any atom is -0.480 e. The highest BCUT2D eigenvalue weighted by Crippen LogP contribution is 2.21. The van der Waals surface area contributed by atoms with Gasteiger partial charge in [0, 0.05) is 23.6 Å². The second-order valence-corrected chi connectivity index (χ2v) is 10.7. The van der Waals surface area contributed by atoms with Crippen LogP contribution in [0.5, 0.6) is 0 Å². The van der Waals surface area contributed by atoms with Crippen molar-refractivity contribution in [1.82, 2.24) is 20.5 Å². The number of aromatic amines is 1. The molecule has 2 heterocycles. The third kappa shape index (κ3) is 8.03. The number of carbonyl (C=O) groups excluding carboxylic acids is 3. The van der Waals surface area contributed by atoms with Gasteiger partial charge in [0.25, 0.3) is 0 Å². The van der Waals surface area contributed by atoms with Crippen LogP contribution >= 0.6 is 0 Å². The first kappa shape index (κ1) is 30.1. The number of carboxylic acid groups (broad SMARTS) is 1. The largest absolute Gasteiger partial charge is 0.480 e. The number of carboxylic acids is 1. The molecule has 2 aromatic rings. The number of aliphatic carboxylic acids is 1. The lowest BCUT2D eigenvalue weighted by Crippen LogP contribution is -2.57. The van der Waals surface area contributed by atoms with E-state index in [1.54, 1.807) is 0 Å². The van der Waals surface area contributed by atoms with Crippen LogP contribution in [-0.4, -0.2) is 75.9 Å². The fraction of sp³-hybridized carbons (Fsp3) is 0.571. The Morgan fingerprint density at radius 3 is 2.51 bits per heavy atom. The molecule has 3 amide bonds. The van der Waals surface area contributed by atoms with Crippen molar-refractivity contribution >= 4 is 34.6 Å². The first-order valence-electron chi connectivity index (χ1n) is 13.8. The Kier molecular flexibility index (Phi) is 10.9. The van der Waals surface area contributed by atoms with Gasteiger partial charge in [0.15, 0.2) is 0 Å². The number of likely N-dealkylation sites (tertiary alicyclic amines) is 1. The number of aromatic nitrogens is 1. The third-order valence-corrected chi connectivity index (χ3v) is 7.17. The highest BCUT2D eigenvalue weighted by atomic mass is 16.4. The van der Waals surface area contributed by atoms with E-state index in [1.165, 1.54) is 4.90 Å². The van der Waals surface area contributed by atoms with Crippen LogP contribution in [0.4, 0.5) is 0 Å². The minimum absolute atomic E-state index is 0.0762. The number of para-hydroxylation sites is 1. The van der Waals surface area contributed by atoms with E-state index in [0.717, 1.165) is 16.5 Å². The van der Waals surface area contributed by atoms with Gasteiger partial charge in [-0.3, -0.25) is 14.4 Å². The van der Waals surface area contributed by atoms with Gasteiger partial charge in [-0.1, -0.05) is 32.0 Å². The molecule has 39 heavy (non-hydrogen) atoms. The minimum atomic E-state index is -1.05. The molecule has 4 unspecified atom stereocenters. The molecule has 8 N–H and O–H groups in total. The predicted octanol–water partition coefficient (Wildman–Crippen LogP) is 1.26. The summed E-state index contributed by atoms with van der Waals surface area (Å²) >= 11 is 0. The van der Waals surface area contributed by atoms with Gasteiger partial charge in [-0.15, -0.1) is 0 Å². The molecule has 11 heteroatoms. The Morgan fingerprint density at radius 2 is 1.82 bits per heavy atom. The van der Waals surface area contributed by atoms with Crippen LogP contribution in [-0.2, 0) is 25.6 Å². The summed E-state index contributed by atoms with van der Waals surface area (Å²) in [5, 5.41) is 16.1. The van der Waals surface area contributed by atoms with Gasteiger partial charge in [0.1, 0.15) is 18.1 Å². The van der Waals surface area contributed by atoms with Crippen LogP contribution in [0.25, 0.3) is 10.9 Å². The van der Waals surface area contributed by atoms with Gasteiger partial charge in [-0.25, -0.2) is 4.79 Å². The number of hydrogen-bond acceptors (Lipinski definition) is 6. The lowest BCUT2D eigenvalue weighted by atomic mass is 10.00. The van der Waals surface area contributed by atoms with Crippen molar-refractivity contribution in [1.29, 1.82) is 0 Å². The smallest absolute Gasteiger partial charge is 0.326 e. The van der Waals surface area contributed by atoms with Crippen molar-refractivity contribution in [3.05, 3.63) is 36.0 Å². The van der Waals surface area contributed by atoms with Crippen molar-refractivity contribution in [3.63, 3.8) is 0 Å². The molecule has 0 bridgehead atoms. The van der Waals surface area contributed by atoms with Crippen LogP contribution in [0.2, 0.25) is 0 Å². The van der Waals surface area contributed by atoms with Crippen LogP contribution in [0, 0.1) is 5.92 Å². The Balaban J connectivity index is 1.70. The number of carbonyl (C=O) groups is 4. The second-order valence-electron chi connectivity index (χ2n) is 10.7. The maximum absolute atomic E-state index is 13.4. The summed E-state index contributed by atoms with van der Waals surface area (Å²) in [5.74, 6) is -2.35. The summed E-state index contributed by atoms with van der Waals surface area (Å²) in [6.07, 6.45) is 5.02. The molecule has 214 valence electrons. The highest BCUT2D eigenvalue weighted by Gasteiger charge is 2.38.